The highest BCUT2D eigenvalue weighted by Crippen LogP contribution is 2.15. The molecule has 0 heterocycles. The quantitative estimate of drug-likeness (QED) is 0.756. The van der Waals surface area contributed by atoms with Gasteiger partial charge < -0.3 is 5.73 Å². The van der Waals surface area contributed by atoms with E-state index < -0.39 is 0 Å². The molecule has 1 heteroatoms. The largest absolute Gasteiger partial charge is 0.399 e. The van der Waals surface area contributed by atoms with Crippen molar-refractivity contribution in [2.24, 2.45) is 0 Å². The first-order valence-electron chi connectivity index (χ1n) is 5.56. The summed E-state index contributed by atoms with van der Waals surface area (Å²) >= 11 is 0. The average molecular weight is 211 g/mol. The molecular formula is C15H17N. The van der Waals surface area contributed by atoms with Crippen LogP contribution in [-0.2, 0) is 6.42 Å². The zero-order valence-corrected chi connectivity index (χ0v) is 9.83. The summed E-state index contributed by atoms with van der Waals surface area (Å²) in [6.07, 6.45) is 0.974. The second kappa shape index (κ2) is 4.40. The monoisotopic (exact) mass is 211 g/mol. The van der Waals surface area contributed by atoms with Gasteiger partial charge in [-0.2, -0.15) is 0 Å². The number of anilines is 1. The first-order chi connectivity index (χ1) is 7.65. The first-order valence-corrected chi connectivity index (χ1v) is 5.56. The average Bonchev–Trinajstić information content (AvgIpc) is 2.27. The molecule has 2 aromatic carbocycles. The number of nitrogens with two attached hydrogens (primary N) is 1. The Morgan fingerprint density at radius 1 is 0.812 bits per heavy atom. The molecule has 2 aromatic rings. The fraction of sp³-hybridized carbons (Fsp3) is 0.200. The zero-order chi connectivity index (χ0) is 11.5. The molecular weight excluding hydrogens is 194 g/mol. The molecule has 82 valence electrons. The lowest BCUT2D eigenvalue weighted by molar-refractivity contribution is 1.17. The Kier molecular flexibility index (Phi) is 2.95. The van der Waals surface area contributed by atoms with Gasteiger partial charge in [0.05, 0.1) is 0 Å². The third kappa shape index (κ3) is 2.43. The lowest BCUT2D eigenvalue weighted by atomic mass is 10.0. The van der Waals surface area contributed by atoms with Gasteiger partial charge in [-0.25, -0.2) is 0 Å². The van der Waals surface area contributed by atoms with Gasteiger partial charge in [0.1, 0.15) is 0 Å². The van der Waals surface area contributed by atoms with Crippen LogP contribution in [0.2, 0.25) is 0 Å². The maximum absolute atomic E-state index is 5.66. The molecule has 0 atom stereocenters. The van der Waals surface area contributed by atoms with Crippen LogP contribution in [0.1, 0.15) is 22.3 Å². The summed E-state index contributed by atoms with van der Waals surface area (Å²) in [5, 5.41) is 0. The maximum atomic E-state index is 5.66. The van der Waals surface area contributed by atoms with Crippen LogP contribution in [0.15, 0.2) is 42.5 Å². The SMILES string of the molecule is Cc1ccc(Cc2ccc(N)cc2)cc1C. The number of hydrogen-bond donors (Lipinski definition) is 1. The summed E-state index contributed by atoms with van der Waals surface area (Å²) in [5.74, 6) is 0. The molecule has 0 radical (unpaired) electrons. The topological polar surface area (TPSA) is 26.0 Å². The van der Waals surface area contributed by atoms with Gasteiger partial charge in [-0.05, 0) is 54.7 Å². The van der Waals surface area contributed by atoms with E-state index >= 15 is 0 Å². The molecule has 0 aromatic heterocycles. The molecule has 0 aliphatic heterocycles. The molecule has 0 unspecified atom stereocenters. The molecule has 2 N–H and O–H groups in total. The highest BCUT2D eigenvalue weighted by molar-refractivity contribution is 5.41. The number of benzene rings is 2. The number of aryl methyl sites for hydroxylation is 2. The fourth-order valence-corrected chi connectivity index (χ4v) is 1.78. The summed E-state index contributed by atoms with van der Waals surface area (Å²) in [6, 6.07) is 14.7. The van der Waals surface area contributed by atoms with Crippen molar-refractivity contribution in [2.45, 2.75) is 20.3 Å². The molecule has 0 aliphatic rings. The summed E-state index contributed by atoms with van der Waals surface area (Å²) in [6.45, 7) is 4.30. The number of nitrogen functional groups attached to an aromatic ring is 1. The van der Waals surface area contributed by atoms with Crippen molar-refractivity contribution in [3.05, 3.63) is 64.7 Å². The van der Waals surface area contributed by atoms with E-state index in [1.807, 2.05) is 12.1 Å². The van der Waals surface area contributed by atoms with Gasteiger partial charge in [-0.3, -0.25) is 0 Å². The van der Waals surface area contributed by atoms with Gasteiger partial charge in [0, 0.05) is 5.69 Å². The van der Waals surface area contributed by atoms with E-state index in [2.05, 4.69) is 44.2 Å². The van der Waals surface area contributed by atoms with E-state index in [9.17, 15) is 0 Å². The Hall–Kier alpha value is -1.76. The van der Waals surface area contributed by atoms with E-state index in [0.717, 1.165) is 12.1 Å². The van der Waals surface area contributed by atoms with Gasteiger partial charge in [0.15, 0.2) is 0 Å². The number of rotatable bonds is 2. The van der Waals surface area contributed by atoms with Crippen molar-refractivity contribution < 1.29 is 0 Å². The lowest BCUT2D eigenvalue weighted by Gasteiger charge is -2.05. The summed E-state index contributed by atoms with van der Waals surface area (Å²) in [5.41, 5.74) is 11.8. The van der Waals surface area contributed by atoms with Crippen LogP contribution < -0.4 is 5.73 Å². The molecule has 0 bridgehead atoms. The molecule has 0 saturated carbocycles. The molecule has 1 nitrogen and oxygen atoms in total. The van der Waals surface area contributed by atoms with Crippen molar-refractivity contribution in [1.82, 2.24) is 0 Å². The molecule has 0 amide bonds. The van der Waals surface area contributed by atoms with Crippen molar-refractivity contribution in [3.8, 4) is 0 Å². The second-order valence-electron chi connectivity index (χ2n) is 4.34. The smallest absolute Gasteiger partial charge is 0.0314 e. The predicted octanol–water partition coefficient (Wildman–Crippen LogP) is 3.48. The van der Waals surface area contributed by atoms with Crippen LogP contribution in [0.25, 0.3) is 0 Å². The van der Waals surface area contributed by atoms with Gasteiger partial charge >= 0.3 is 0 Å². The van der Waals surface area contributed by atoms with E-state index in [1.54, 1.807) is 0 Å². The molecule has 0 fully saturated rings. The van der Waals surface area contributed by atoms with Crippen LogP contribution in [-0.4, -0.2) is 0 Å². The van der Waals surface area contributed by atoms with E-state index in [1.165, 1.54) is 22.3 Å². The second-order valence-corrected chi connectivity index (χ2v) is 4.34. The molecule has 16 heavy (non-hydrogen) atoms. The molecule has 0 spiro atoms. The zero-order valence-electron chi connectivity index (χ0n) is 9.83. The van der Waals surface area contributed by atoms with Gasteiger partial charge in [-0.1, -0.05) is 30.3 Å². The summed E-state index contributed by atoms with van der Waals surface area (Å²) in [4.78, 5) is 0. The normalized spacial score (nSPS) is 10.4. The predicted molar refractivity (Wildman–Crippen MR) is 69.6 cm³/mol. The summed E-state index contributed by atoms with van der Waals surface area (Å²) in [7, 11) is 0. The van der Waals surface area contributed by atoms with Gasteiger partial charge in [0.2, 0.25) is 0 Å². The van der Waals surface area contributed by atoms with Gasteiger partial charge in [0.25, 0.3) is 0 Å². The van der Waals surface area contributed by atoms with E-state index in [4.69, 9.17) is 5.73 Å². The van der Waals surface area contributed by atoms with Crippen molar-refractivity contribution in [3.63, 3.8) is 0 Å². The van der Waals surface area contributed by atoms with Gasteiger partial charge in [-0.15, -0.1) is 0 Å². The van der Waals surface area contributed by atoms with Crippen LogP contribution in [0.4, 0.5) is 5.69 Å². The Bertz CT molecular complexity index is 483. The third-order valence-electron chi connectivity index (χ3n) is 2.96. The Morgan fingerprint density at radius 3 is 2.06 bits per heavy atom. The Balaban J connectivity index is 2.20. The highest BCUT2D eigenvalue weighted by atomic mass is 14.5. The van der Waals surface area contributed by atoms with Crippen LogP contribution in [0.5, 0.6) is 0 Å². The number of hydrogen-bond acceptors (Lipinski definition) is 1. The standard InChI is InChI=1S/C15H17N/c1-11-3-4-14(9-12(11)2)10-13-5-7-15(16)8-6-13/h3-9H,10,16H2,1-2H3. The molecule has 0 saturated heterocycles. The Labute approximate surface area is 96.9 Å². The van der Waals surface area contributed by atoms with E-state index in [-0.39, 0.29) is 0 Å². The van der Waals surface area contributed by atoms with Crippen LogP contribution in [0.3, 0.4) is 0 Å². The van der Waals surface area contributed by atoms with Crippen LogP contribution in [0, 0.1) is 13.8 Å². The minimum Gasteiger partial charge on any atom is -0.399 e. The minimum absolute atomic E-state index is 0.823. The minimum atomic E-state index is 0.823. The highest BCUT2D eigenvalue weighted by Gasteiger charge is 1.98. The molecule has 2 rings (SSSR count). The maximum Gasteiger partial charge on any atom is 0.0314 e. The van der Waals surface area contributed by atoms with Crippen molar-refractivity contribution in [1.29, 1.82) is 0 Å². The van der Waals surface area contributed by atoms with Crippen molar-refractivity contribution >= 4 is 5.69 Å². The summed E-state index contributed by atoms with van der Waals surface area (Å²) < 4.78 is 0. The van der Waals surface area contributed by atoms with E-state index in [0.29, 0.717) is 0 Å². The third-order valence-corrected chi connectivity index (χ3v) is 2.96. The lowest BCUT2D eigenvalue weighted by Crippen LogP contribution is -1.91. The first kappa shape index (κ1) is 10.7. The van der Waals surface area contributed by atoms with Crippen LogP contribution >= 0.6 is 0 Å². The van der Waals surface area contributed by atoms with Crippen molar-refractivity contribution in [2.75, 3.05) is 5.73 Å². The molecule has 0 aliphatic carbocycles. The Morgan fingerprint density at radius 2 is 1.44 bits per heavy atom. The fourth-order valence-electron chi connectivity index (χ4n) is 1.78.